The largest absolute Gasteiger partial charge is 0.324 e. The first-order valence-corrected chi connectivity index (χ1v) is 9.41. The van der Waals surface area contributed by atoms with E-state index in [2.05, 4.69) is 10.3 Å². The van der Waals surface area contributed by atoms with E-state index in [9.17, 15) is 19.7 Å². The van der Waals surface area contributed by atoms with Crippen LogP contribution < -0.4 is 10.9 Å². The maximum absolute atomic E-state index is 12.5. The van der Waals surface area contributed by atoms with Gasteiger partial charge in [-0.3, -0.25) is 24.3 Å². The van der Waals surface area contributed by atoms with Crippen molar-refractivity contribution in [2.24, 2.45) is 7.05 Å². The maximum atomic E-state index is 12.5. The molecule has 0 aliphatic carbocycles. The summed E-state index contributed by atoms with van der Waals surface area (Å²) in [6, 6.07) is 10.8. The number of rotatable bonds is 5. The Morgan fingerprint density at radius 1 is 1.32 bits per heavy atom. The molecule has 2 aromatic carbocycles. The van der Waals surface area contributed by atoms with Crippen LogP contribution in [0.4, 0.5) is 11.4 Å². The molecule has 10 heteroatoms. The number of benzene rings is 2. The summed E-state index contributed by atoms with van der Waals surface area (Å²) in [7, 11) is 1.60. The predicted octanol–water partition coefficient (Wildman–Crippen LogP) is 3.61. The molecule has 0 aliphatic heterocycles. The number of carbonyl (C=O) groups is 1. The van der Waals surface area contributed by atoms with Crippen molar-refractivity contribution in [3.63, 3.8) is 0 Å². The molecule has 0 radical (unpaired) electrons. The van der Waals surface area contributed by atoms with Gasteiger partial charge in [0.2, 0.25) is 5.91 Å². The van der Waals surface area contributed by atoms with Crippen LogP contribution in [-0.4, -0.2) is 25.6 Å². The van der Waals surface area contributed by atoms with E-state index in [0.717, 1.165) is 11.8 Å². The molecule has 0 saturated heterocycles. The van der Waals surface area contributed by atoms with Crippen molar-refractivity contribution in [1.29, 1.82) is 0 Å². The smallest absolute Gasteiger partial charge is 0.271 e. The van der Waals surface area contributed by atoms with Gasteiger partial charge in [0.15, 0.2) is 5.16 Å². The lowest BCUT2D eigenvalue weighted by atomic mass is 10.2. The summed E-state index contributed by atoms with van der Waals surface area (Å²) in [4.78, 5) is 39.6. The summed E-state index contributed by atoms with van der Waals surface area (Å²) < 4.78 is 1.40. The summed E-state index contributed by atoms with van der Waals surface area (Å²) in [5.74, 6) is -0.372. The Morgan fingerprint density at radius 3 is 2.71 bits per heavy atom. The average Bonchev–Trinajstić information content (AvgIpc) is 2.67. The van der Waals surface area contributed by atoms with Crippen molar-refractivity contribution in [3.05, 3.63) is 68.0 Å². The second-order valence-corrected chi connectivity index (χ2v) is 7.66. The first kappa shape index (κ1) is 19.8. The van der Waals surface area contributed by atoms with Crippen LogP contribution in [0, 0.1) is 10.1 Å². The number of fused-ring (bicyclic) bond motifs is 1. The van der Waals surface area contributed by atoms with E-state index >= 15 is 0 Å². The number of hydrogen-bond acceptors (Lipinski definition) is 6. The van der Waals surface area contributed by atoms with Gasteiger partial charge in [-0.05, 0) is 25.1 Å². The molecule has 0 bridgehead atoms. The summed E-state index contributed by atoms with van der Waals surface area (Å²) in [5, 5.41) is 13.8. The SMILES string of the molecule is CC(Sc1nc2ccccc2c(=O)n1C)C(=O)Nc1ccc([N+](=O)[O-])cc1Cl. The van der Waals surface area contributed by atoms with Crippen molar-refractivity contribution in [3.8, 4) is 0 Å². The van der Waals surface area contributed by atoms with Gasteiger partial charge < -0.3 is 5.32 Å². The Balaban J connectivity index is 1.80. The number of carbonyl (C=O) groups excluding carboxylic acids is 1. The number of anilines is 1. The highest BCUT2D eigenvalue weighted by atomic mass is 35.5. The molecule has 28 heavy (non-hydrogen) atoms. The summed E-state index contributed by atoms with van der Waals surface area (Å²) in [5.41, 5.74) is 0.462. The Kier molecular flexibility index (Phi) is 5.66. The van der Waals surface area contributed by atoms with Crippen LogP contribution in [0.2, 0.25) is 5.02 Å². The summed E-state index contributed by atoms with van der Waals surface area (Å²) >= 11 is 7.14. The second kappa shape index (κ2) is 7.99. The van der Waals surface area contributed by atoms with Crippen LogP contribution in [0.25, 0.3) is 10.9 Å². The van der Waals surface area contributed by atoms with Crippen LogP contribution in [0.3, 0.4) is 0 Å². The van der Waals surface area contributed by atoms with E-state index in [4.69, 9.17) is 11.6 Å². The lowest BCUT2D eigenvalue weighted by Crippen LogP contribution is -2.25. The Labute approximate surface area is 168 Å². The molecule has 1 atom stereocenters. The second-order valence-electron chi connectivity index (χ2n) is 5.95. The first-order valence-electron chi connectivity index (χ1n) is 8.15. The van der Waals surface area contributed by atoms with Gasteiger partial charge in [-0.25, -0.2) is 4.98 Å². The van der Waals surface area contributed by atoms with Gasteiger partial charge in [0.25, 0.3) is 11.2 Å². The van der Waals surface area contributed by atoms with Gasteiger partial charge in [-0.2, -0.15) is 0 Å². The number of aromatic nitrogens is 2. The number of halogens is 1. The zero-order chi connectivity index (χ0) is 20.4. The number of nitrogens with one attached hydrogen (secondary N) is 1. The normalized spacial score (nSPS) is 12.0. The number of non-ortho nitro benzene ring substituents is 1. The zero-order valence-corrected chi connectivity index (χ0v) is 16.5. The van der Waals surface area contributed by atoms with Crippen LogP contribution in [0.1, 0.15) is 6.92 Å². The van der Waals surface area contributed by atoms with Crippen molar-refractivity contribution in [2.45, 2.75) is 17.3 Å². The van der Waals surface area contributed by atoms with Gasteiger partial charge in [0, 0.05) is 19.2 Å². The highest BCUT2D eigenvalue weighted by Gasteiger charge is 2.20. The minimum atomic E-state index is -0.592. The molecule has 0 spiro atoms. The third-order valence-electron chi connectivity index (χ3n) is 4.01. The monoisotopic (exact) mass is 418 g/mol. The number of thioether (sulfide) groups is 1. The minimum absolute atomic E-state index is 0.0657. The van der Waals surface area contributed by atoms with Gasteiger partial charge in [0.1, 0.15) is 0 Å². The topological polar surface area (TPSA) is 107 Å². The number of nitrogens with zero attached hydrogens (tertiary/aromatic N) is 3. The molecule has 1 heterocycles. The standard InChI is InChI=1S/C18H15ClN4O4S/c1-10(16(24)20-15-8-7-11(23(26)27)9-13(15)19)28-18-21-14-6-4-3-5-12(14)17(25)22(18)2/h3-10H,1-2H3,(H,20,24). The number of nitro groups is 1. The van der Waals surface area contributed by atoms with Crippen molar-refractivity contribution >= 4 is 51.5 Å². The molecule has 3 rings (SSSR count). The van der Waals surface area contributed by atoms with Crippen molar-refractivity contribution in [2.75, 3.05) is 5.32 Å². The third-order valence-corrected chi connectivity index (χ3v) is 5.47. The van der Waals surface area contributed by atoms with Gasteiger partial charge in [-0.1, -0.05) is 35.5 Å². The predicted molar refractivity (Wildman–Crippen MR) is 109 cm³/mol. The maximum Gasteiger partial charge on any atom is 0.271 e. The van der Waals surface area contributed by atoms with Crippen LogP contribution in [-0.2, 0) is 11.8 Å². The number of amides is 1. The lowest BCUT2D eigenvalue weighted by molar-refractivity contribution is -0.384. The molecule has 1 amide bonds. The van der Waals surface area contributed by atoms with E-state index < -0.39 is 10.2 Å². The zero-order valence-electron chi connectivity index (χ0n) is 14.9. The minimum Gasteiger partial charge on any atom is -0.324 e. The third kappa shape index (κ3) is 4.00. The van der Waals surface area contributed by atoms with Gasteiger partial charge in [-0.15, -0.1) is 0 Å². The van der Waals surface area contributed by atoms with Crippen LogP contribution in [0.5, 0.6) is 0 Å². The average molecular weight is 419 g/mol. The molecular weight excluding hydrogens is 404 g/mol. The Bertz CT molecular complexity index is 1150. The molecule has 3 aromatic rings. The molecule has 1 unspecified atom stereocenters. The Morgan fingerprint density at radius 2 is 2.04 bits per heavy atom. The lowest BCUT2D eigenvalue weighted by Gasteiger charge is -2.14. The summed E-state index contributed by atoms with van der Waals surface area (Å²) in [6.07, 6.45) is 0. The van der Waals surface area contributed by atoms with E-state index in [0.29, 0.717) is 16.1 Å². The molecule has 0 saturated carbocycles. The van der Waals surface area contributed by atoms with E-state index in [1.165, 1.54) is 22.8 Å². The van der Waals surface area contributed by atoms with Crippen LogP contribution >= 0.6 is 23.4 Å². The fourth-order valence-electron chi connectivity index (χ4n) is 2.47. The molecule has 8 nitrogen and oxygen atoms in total. The fourth-order valence-corrected chi connectivity index (χ4v) is 3.56. The van der Waals surface area contributed by atoms with E-state index in [1.807, 2.05) is 0 Å². The molecular formula is C18H15ClN4O4S. The Hall–Kier alpha value is -2.91. The molecule has 1 aromatic heterocycles. The highest BCUT2D eigenvalue weighted by molar-refractivity contribution is 8.00. The molecule has 144 valence electrons. The fraction of sp³-hybridized carbons (Fsp3) is 0.167. The highest BCUT2D eigenvalue weighted by Crippen LogP contribution is 2.28. The number of hydrogen-bond donors (Lipinski definition) is 1. The quantitative estimate of drug-likeness (QED) is 0.293. The van der Waals surface area contributed by atoms with E-state index in [-0.39, 0.29) is 27.9 Å². The van der Waals surface area contributed by atoms with Gasteiger partial charge in [0.05, 0.1) is 31.8 Å². The number of nitro benzene ring substituents is 1. The van der Waals surface area contributed by atoms with Crippen molar-refractivity contribution in [1.82, 2.24) is 9.55 Å². The number of para-hydroxylation sites is 1. The first-order chi connectivity index (χ1) is 13.3. The summed E-state index contributed by atoms with van der Waals surface area (Å²) in [6.45, 7) is 1.67. The van der Waals surface area contributed by atoms with E-state index in [1.54, 1.807) is 38.2 Å². The molecule has 0 aliphatic rings. The molecule has 0 fully saturated rings. The van der Waals surface area contributed by atoms with Crippen molar-refractivity contribution < 1.29 is 9.72 Å². The molecule has 1 N–H and O–H groups in total. The van der Waals surface area contributed by atoms with Gasteiger partial charge >= 0.3 is 0 Å². The van der Waals surface area contributed by atoms with Crippen LogP contribution in [0.15, 0.2) is 52.4 Å².